The molecule has 0 atom stereocenters. The molecule has 2 nitrogen and oxygen atoms in total. The van der Waals surface area contributed by atoms with Crippen molar-refractivity contribution < 1.29 is 13.6 Å². The van der Waals surface area contributed by atoms with Gasteiger partial charge in [0.05, 0.1) is 7.11 Å². The van der Waals surface area contributed by atoms with Crippen molar-refractivity contribution in [2.45, 2.75) is 19.4 Å². The van der Waals surface area contributed by atoms with Crippen molar-refractivity contribution in [3.8, 4) is 0 Å². The summed E-state index contributed by atoms with van der Waals surface area (Å²) in [6.07, 6.45) is 0. The molecule has 0 bridgehead atoms. The molecular weight excluding hydrogens is 188 g/mol. The summed E-state index contributed by atoms with van der Waals surface area (Å²) in [5.41, 5.74) is 3.56. The molecule has 1 rings (SSSR count). The first-order valence-corrected chi connectivity index (χ1v) is 4.27. The summed E-state index contributed by atoms with van der Waals surface area (Å²) in [7, 11) is 1.51. The molecule has 0 heterocycles. The van der Waals surface area contributed by atoms with Crippen LogP contribution in [0.4, 0.5) is 8.78 Å². The number of hydroxylamine groups is 1. The summed E-state index contributed by atoms with van der Waals surface area (Å²) in [5.74, 6) is -2.77. The van der Waals surface area contributed by atoms with E-state index in [9.17, 15) is 8.78 Å². The Bertz CT molecular complexity index is 279. The van der Waals surface area contributed by atoms with E-state index >= 15 is 0 Å². The van der Waals surface area contributed by atoms with Crippen LogP contribution in [0.1, 0.15) is 18.1 Å². The van der Waals surface area contributed by atoms with Gasteiger partial charge in [-0.25, -0.2) is 8.78 Å². The molecular formula is C10H13F2NO. The highest BCUT2D eigenvalue weighted by molar-refractivity contribution is 5.25. The molecule has 0 amide bonds. The summed E-state index contributed by atoms with van der Waals surface area (Å²) in [6, 6.07) is 6.15. The van der Waals surface area contributed by atoms with Gasteiger partial charge in [-0.3, -0.25) is 0 Å². The molecule has 1 aromatic rings. The van der Waals surface area contributed by atoms with Crippen molar-refractivity contribution >= 4 is 0 Å². The van der Waals surface area contributed by atoms with E-state index in [-0.39, 0.29) is 5.56 Å². The highest BCUT2D eigenvalue weighted by Crippen LogP contribution is 2.26. The minimum Gasteiger partial charge on any atom is -0.305 e. The van der Waals surface area contributed by atoms with Crippen molar-refractivity contribution in [2.24, 2.45) is 0 Å². The fraction of sp³-hybridized carbons (Fsp3) is 0.400. The van der Waals surface area contributed by atoms with Crippen molar-refractivity contribution in [3.05, 3.63) is 35.4 Å². The van der Waals surface area contributed by atoms with Gasteiger partial charge in [0.15, 0.2) is 0 Å². The molecule has 1 aromatic carbocycles. The lowest BCUT2D eigenvalue weighted by Crippen LogP contribution is -2.11. The van der Waals surface area contributed by atoms with Gasteiger partial charge in [-0.1, -0.05) is 24.3 Å². The summed E-state index contributed by atoms with van der Waals surface area (Å²) in [6.45, 7) is 1.39. The van der Waals surface area contributed by atoms with E-state index in [0.29, 0.717) is 6.54 Å². The molecule has 0 fully saturated rings. The molecule has 0 saturated heterocycles. The Kier molecular flexibility index (Phi) is 3.55. The highest BCUT2D eigenvalue weighted by Gasteiger charge is 2.23. The normalized spacial score (nSPS) is 11.7. The molecule has 4 heteroatoms. The van der Waals surface area contributed by atoms with Gasteiger partial charge >= 0.3 is 0 Å². The first kappa shape index (κ1) is 11.1. The molecule has 0 radical (unpaired) electrons. The Morgan fingerprint density at radius 2 is 1.86 bits per heavy atom. The Labute approximate surface area is 81.8 Å². The number of hydrogen-bond donors (Lipinski definition) is 1. The van der Waals surface area contributed by atoms with E-state index in [1.807, 2.05) is 0 Å². The predicted molar refractivity (Wildman–Crippen MR) is 49.9 cm³/mol. The largest absolute Gasteiger partial charge is 0.305 e. The van der Waals surface area contributed by atoms with E-state index in [1.165, 1.54) is 19.2 Å². The van der Waals surface area contributed by atoms with Crippen molar-refractivity contribution in [2.75, 3.05) is 7.11 Å². The molecule has 78 valence electrons. The molecule has 1 N–H and O–H groups in total. The van der Waals surface area contributed by atoms with Crippen LogP contribution in [0.2, 0.25) is 0 Å². The molecule has 0 aliphatic rings. The minimum absolute atomic E-state index is 0.0265. The minimum atomic E-state index is -2.77. The quantitative estimate of drug-likeness (QED) is 0.755. The highest BCUT2D eigenvalue weighted by atomic mass is 19.3. The van der Waals surface area contributed by atoms with Crippen LogP contribution in [-0.2, 0) is 17.3 Å². The molecule has 0 aliphatic carbocycles. The lowest BCUT2D eigenvalue weighted by molar-refractivity contribution is 0.0174. The van der Waals surface area contributed by atoms with Crippen LogP contribution < -0.4 is 5.48 Å². The van der Waals surface area contributed by atoms with Crippen LogP contribution in [-0.4, -0.2) is 7.11 Å². The maximum Gasteiger partial charge on any atom is 0.270 e. The Balaban J connectivity index is 2.69. The number of alkyl halides is 2. The summed E-state index contributed by atoms with van der Waals surface area (Å²) in [4.78, 5) is 4.65. The number of rotatable bonds is 4. The first-order valence-electron chi connectivity index (χ1n) is 4.27. The molecule has 0 spiro atoms. The van der Waals surface area contributed by atoms with Crippen LogP contribution in [0.15, 0.2) is 24.3 Å². The lowest BCUT2D eigenvalue weighted by atomic mass is 10.1. The zero-order valence-electron chi connectivity index (χ0n) is 8.18. The smallest absolute Gasteiger partial charge is 0.270 e. The Morgan fingerprint density at radius 1 is 1.29 bits per heavy atom. The van der Waals surface area contributed by atoms with Crippen molar-refractivity contribution in [1.29, 1.82) is 0 Å². The fourth-order valence-electron chi connectivity index (χ4n) is 1.07. The van der Waals surface area contributed by atoms with Gasteiger partial charge in [-0.05, 0) is 5.56 Å². The standard InChI is InChI=1S/C10H13F2NO/c1-10(11,12)9-5-3-8(4-6-9)7-13-14-2/h3-6,13H,7H2,1-2H3. The van der Waals surface area contributed by atoms with E-state index in [2.05, 4.69) is 10.3 Å². The maximum absolute atomic E-state index is 12.8. The molecule has 0 saturated carbocycles. The average molecular weight is 201 g/mol. The van der Waals surface area contributed by atoms with Gasteiger partial charge in [0.1, 0.15) is 0 Å². The topological polar surface area (TPSA) is 21.3 Å². The second kappa shape index (κ2) is 4.48. The molecule has 0 aliphatic heterocycles. The first-order chi connectivity index (χ1) is 6.54. The molecule has 0 aromatic heterocycles. The third kappa shape index (κ3) is 3.05. The predicted octanol–water partition coefficient (Wildman–Crippen LogP) is 2.45. The fourth-order valence-corrected chi connectivity index (χ4v) is 1.07. The van der Waals surface area contributed by atoms with Crippen LogP contribution in [0.5, 0.6) is 0 Å². The monoisotopic (exact) mass is 201 g/mol. The maximum atomic E-state index is 12.8. The van der Waals surface area contributed by atoms with Crippen molar-refractivity contribution in [1.82, 2.24) is 5.48 Å². The van der Waals surface area contributed by atoms with Gasteiger partial charge in [0.25, 0.3) is 5.92 Å². The second-order valence-electron chi connectivity index (χ2n) is 3.11. The molecule has 14 heavy (non-hydrogen) atoms. The molecule has 0 unspecified atom stereocenters. The third-order valence-corrected chi connectivity index (χ3v) is 1.88. The second-order valence-corrected chi connectivity index (χ2v) is 3.11. The summed E-state index contributed by atoms with van der Waals surface area (Å²) >= 11 is 0. The SMILES string of the molecule is CONCc1ccc(C(C)(F)F)cc1. The van der Waals surface area contributed by atoms with Gasteiger partial charge in [-0.15, -0.1) is 0 Å². The zero-order valence-corrected chi connectivity index (χ0v) is 8.18. The summed E-state index contributed by atoms with van der Waals surface area (Å²) in [5, 5.41) is 0. The number of halogens is 2. The summed E-state index contributed by atoms with van der Waals surface area (Å²) < 4.78 is 25.6. The van der Waals surface area contributed by atoms with Crippen molar-refractivity contribution in [3.63, 3.8) is 0 Å². The number of nitrogens with one attached hydrogen (secondary N) is 1. The Morgan fingerprint density at radius 3 is 2.29 bits per heavy atom. The number of benzene rings is 1. The average Bonchev–Trinajstić information content (AvgIpc) is 2.14. The van der Waals surface area contributed by atoms with Gasteiger partial charge in [-0.2, -0.15) is 5.48 Å². The van der Waals surface area contributed by atoms with Crippen LogP contribution in [0.3, 0.4) is 0 Å². The third-order valence-electron chi connectivity index (χ3n) is 1.88. The Hall–Kier alpha value is -1.00. The zero-order chi connectivity index (χ0) is 10.6. The van der Waals surface area contributed by atoms with E-state index in [1.54, 1.807) is 12.1 Å². The van der Waals surface area contributed by atoms with E-state index in [4.69, 9.17) is 0 Å². The van der Waals surface area contributed by atoms with Gasteiger partial charge in [0, 0.05) is 19.0 Å². The van der Waals surface area contributed by atoms with Crippen LogP contribution in [0, 0.1) is 0 Å². The number of hydrogen-bond acceptors (Lipinski definition) is 2. The van der Waals surface area contributed by atoms with E-state index < -0.39 is 5.92 Å². The van der Waals surface area contributed by atoms with Crippen LogP contribution >= 0.6 is 0 Å². The van der Waals surface area contributed by atoms with E-state index in [0.717, 1.165) is 12.5 Å². The van der Waals surface area contributed by atoms with Gasteiger partial charge < -0.3 is 4.84 Å². The van der Waals surface area contributed by atoms with Crippen LogP contribution in [0.25, 0.3) is 0 Å². The van der Waals surface area contributed by atoms with Gasteiger partial charge in [0.2, 0.25) is 0 Å². The lowest BCUT2D eigenvalue weighted by Gasteiger charge is -2.10.